The zero-order valence-electron chi connectivity index (χ0n) is 81.4. The number of hydrogen-bond donors (Lipinski definition) is 3. The van der Waals surface area contributed by atoms with Gasteiger partial charge in [-0.1, -0.05) is 39.8 Å². The van der Waals surface area contributed by atoms with Crippen LogP contribution in [-0.2, 0) is 35.1 Å². The molecule has 2 amide bonds. The number of halogens is 1. The number of carbonyl (C=O) groups excluding carboxylic acids is 5. The molecule has 6 aliphatic rings. The zero-order chi connectivity index (χ0) is 98.2. The highest BCUT2D eigenvalue weighted by molar-refractivity contribution is 9.10. The van der Waals surface area contributed by atoms with Gasteiger partial charge in [0.05, 0.1) is 45.7 Å². The minimum atomic E-state index is -0.473. The fraction of sp³-hybridized carbons (Fsp3) is 0.490. The molecule has 10 heterocycles. The summed E-state index contributed by atoms with van der Waals surface area (Å²) < 4.78 is 22.6. The second-order valence-electron chi connectivity index (χ2n) is 40.1. The normalized spacial score (nSPS) is 19.6. The van der Waals surface area contributed by atoms with Crippen LogP contribution in [-0.4, -0.2) is 219 Å². The maximum Gasteiger partial charge on any atom is 0.410 e. The number of esters is 2. The van der Waals surface area contributed by atoms with Gasteiger partial charge >= 0.3 is 24.1 Å². The van der Waals surface area contributed by atoms with E-state index in [0.717, 1.165) is 166 Å². The predicted molar refractivity (Wildman–Crippen MR) is 534 cm³/mol. The molecule has 4 aromatic heterocycles. The van der Waals surface area contributed by atoms with Crippen molar-refractivity contribution in [1.29, 1.82) is 21.0 Å². The molecular formula is C104H131BrN22O9. The molecule has 4 N–H and O–H groups in total. The molecule has 6 saturated heterocycles. The van der Waals surface area contributed by atoms with Gasteiger partial charge in [-0.25, -0.2) is 9.59 Å². The molecule has 8 atom stereocenters. The van der Waals surface area contributed by atoms with Crippen LogP contribution in [0.5, 0.6) is 0 Å². The quantitative estimate of drug-likeness (QED) is 0.0548. The fourth-order valence-corrected chi connectivity index (χ4v) is 18.3. The monoisotopic (exact) mass is 1910 g/mol. The van der Waals surface area contributed by atoms with Crippen molar-refractivity contribution >= 4 is 119 Å². The molecule has 6 aromatic carbocycles. The molecule has 16 rings (SSSR count). The van der Waals surface area contributed by atoms with Crippen molar-refractivity contribution < 1.29 is 42.9 Å². The van der Waals surface area contributed by atoms with Crippen molar-refractivity contribution in [3.8, 4) is 24.3 Å². The van der Waals surface area contributed by atoms with Gasteiger partial charge in [0.2, 0.25) is 0 Å². The number of anilines is 5. The summed E-state index contributed by atoms with van der Waals surface area (Å²) in [5.41, 5.74) is 19.4. The highest BCUT2D eigenvalue weighted by Crippen LogP contribution is 2.37. The number of nitrogens with one attached hydrogen (secondary N) is 2. The summed E-state index contributed by atoms with van der Waals surface area (Å²) >= 11 is 3.35. The first kappa shape index (κ1) is 104. The number of hydrogen-bond acceptors (Lipinski definition) is 29. The number of ether oxygens (including phenoxy) is 4. The summed E-state index contributed by atoms with van der Waals surface area (Å²) in [6.45, 7) is 45.4. The number of fused-ring (bicyclic) bond motifs is 4. The van der Waals surface area contributed by atoms with Crippen molar-refractivity contribution in [2.45, 2.75) is 190 Å². The number of piperazine rings is 2. The van der Waals surface area contributed by atoms with Crippen molar-refractivity contribution in [2.24, 2.45) is 41.2 Å². The van der Waals surface area contributed by atoms with Gasteiger partial charge in [0.1, 0.15) is 97.1 Å². The molecular weight excluding hydrogens is 1780 g/mol. The van der Waals surface area contributed by atoms with Gasteiger partial charge in [0.15, 0.2) is 0 Å². The maximum atomic E-state index is 12.4. The molecule has 136 heavy (non-hydrogen) atoms. The van der Waals surface area contributed by atoms with Crippen LogP contribution in [0.3, 0.4) is 0 Å². The SMILES string of the molecule is CC(C)(C)OC(=O)N1CCN(c2ccc(C=O)cc2)CC1.C[C@@H]1CNC[C@H](CC(=O)OC(C)(C)C)C1.C[C@H]1C[C@@H](CC(=O)OC(C)(C)C)CN(c2ccc(C#N)c3nccnc23)C1.C[C@H]1C[C@@H](N)CN(c2ccc(C#N)c3nccnc23)C1.C[C@H]1C[C@@H](NCc2ccc(N3CCN(C(=O)OC(C)(C)C)CC3)cc2)CN(c2ccc(C#N)c3nccnc23)C1.N#Cc1ccc(Br)c2nccnc12. The number of benzene rings is 6. The average Bonchev–Trinajstić information content (AvgIpc) is 0.786. The van der Waals surface area contributed by atoms with Crippen molar-refractivity contribution in [3.63, 3.8) is 0 Å². The molecule has 0 radical (unpaired) electrons. The minimum absolute atomic E-state index is 0.0663. The van der Waals surface area contributed by atoms with Crippen molar-refractivity contribution in [2.75, 3.05) is 129 Å². The van der Waals surface area contributed by atoms with Crippen molar-refractivity contribution in [3.05, 3.63) is 184 Å². The van der Waals surface area contributed by atoms with Crippen LogP contribution in [0.1, 0.15) is 187 Å². The van der Waals surface area contributed by atoms with Gasteiger partial charge in [0.25, 0.3) is 0 Å². The summed E-state index contributed by atoms with van der Waals surface area (Å²) in [7, 11) is 0. The first-order chi connectivity index (χ1) is 64.7. The first-order valence-electron chi connectivity index (χ1n) is 46.9. The zero-order valence-corrected chi connectivity index (χ0v) is 83.0. The standard InChI is InChI=1S/C31H39N7O2.C21H26N4O2.C16H22N2O3.C15H17N5.C12H23NO2.C9H4BrN3/c1-22-17-25(21-38(20-22)27-10-7-24(18-32)28-29(27)34-12-11-33-28)35-19-23-5-8-26(9-6-23)36-13-15-37(16-14-36)30(39)40-31(2,3)4;1-14-9-15(10-18(26)27-21(2,3)4)13-25(12-14)17-6-5-16(11-22)19-20(17)24-8-7-23-19;1-16(2,3)21-15(20)18-10-8-17(9-11-18)14-6-4-13(12-19)5-7-14;1-10-6-12(17)9-20(8-10)13-3-2-11(7-16)14-15(13)19-5-4-18-14;1-9-5-10(8-13-7-9)6-11(14)15-12(2,3)4;10-7-2-1-6(5-11)8-9(7)13-4-3-12-8/h5-12,22,25,35H,13-17,19-21H2,1-4H3;5-8,14-15H,9-10,12-13H2,1-4H3;4-7,12H,8-11H2,1-3H3;2-5,10,12H,6,8-9,17H2,1H3;9-10,13H,5-8H2,1-4H3;1-4H/t22-,25+;14-,15-;;10-,12+;9-,10-;/m00.00./s1. The van der Waals surface area contributed by atoms with E-state index in [2.05, 4.69) is 167 Å². The Kier molecular flexibility index (Phi) is 36.2. The van der Waals surface area contributed by atoms with Crippen LogP contribution in [0.15, 0.2) is 151 Å². The largest absolute Gasteiger partial charge is 0.460 e. The van der Waals surface area contributed by atoms with Gasteiger partial charge in [-0.05, 0) is 264 Å². The van der Waals surface area contributed by atoms with E-state index in [1.54, 1.807) is 77.6 Å². The summed E-state index contributed by atoms with van der Waals surface area (Å²) in [5.74, 6) is 2.67. The van der Waals surface area contributed by atoms with Gasteiger partial charge in [-0.3, -0.25) is 54.3 Å². The number of rotatable bonds is 13. The van der Waals surface area contributed by atoms with E-state index in [-0.39, 0.29) is 41.7 Å². The lowest BCUT2D eigenvalue weighted by Gasteiger charge is -2.38. The smallest absolute Gasteiger partial charge is 0.410 e. The van der Waals surface area contributed by atoms with Gasteiger partial charge in [0, 0.05) is 188 Å². The van der Waals surface area contributed by atoms with Gasteiger partial charge in [-0.2, -0.15) is 21.0 Å². The van der Waals surface area contributed by atoms with Crippen molar-refractivity contribution in [1.82, 2.24) is 60.3 Å². The van der Waals surface area contributed by atoms with Gasteiger partial charge < -0.3 is 69.6 Å². The average molecular weight is 1910 g/mol. The Labute approximate surface area is 808 Å². The molecule has 0 unspecified atom stereocenters. The molecule has 32 heteroatoms. The number of piperidine rings is 4. The number of nitriles is 4. The molecule has 6 fully saturated rings. The summed E-state index contributed by atoms with van der Waals surface area (Å²) in [4.78, 5) is 109. The topological polar surface area (TPSA) is 393 Å². The van der Waals surface area contributed by atoms with Crippen LogP contribution in [0.4, 0.5) is 38.0 Å². The number of aromatic nitrogens is 8. The van der Waals surface area contributed by atoms with Crippen LogP contribution >= 0.6 is 15.9 Å². The summed E-state index contributed by atoms with van der Waals surface area (Å²) in [5, 5.41) is 43.9. The summed E-state index contributed by atoms with van der Waals surface area (Å²) in [6.07, 6.45) is 18.7. The van der Waals surface area contributed by atoms with E-state index in [9.17, 15) is 34.5 Å². The molecule has 6 aliphatic heterocycles. The lowest BCUT2D eigenvalue weighted by Crippen LogP contribution is -2.50. The Hall–Kier alpha value is -12.9. The number of nitrogens with zero attached hydrogens (tertiary/aromatic N) is 19. The Balaban J connectivity index is 0.000000163. The lowest BCUT2D eigenvalue weighted by atomic mass is 9.87. The second-order valence-corrected chi connectivity index (χ2v) is 41.0. The minimum Gasteiger partial charge on any atom is -0.460 e. The number of carbonyl (C=O) groups is 5. The number of nitrogens with two attached hydrogens (primary N) is 1. The van der Waals surface area contributed by atoms with Gasteiger partial charge in [-0.15, -0.1) is 0 Å². The van der Waals surface area contributed by atoms with E-state index in [0.29, 0.717) is 125 Å². The third kappa shape index (κ3) is 30.3. The third-order valence-electron chi connectivity index (χ3n) is 23.6. The van der Waals surface area contributed by atoms with Crippen LogP contribution < -0.4 is 40.9 Å². The predicted octanol–water partition coefficient (Wildman–Crippen LogP) is 16.7. The molecule has 0 spiro atoms. The fourth-order valence-electron chi connectivity index (χ4n) is 17.9. The van der Waals surface area contributed by atoms with E-state index in [1.807, 2.05) is 138 Å². The Bertz CT molecular complexity index is 5910. The third-order valence-corrected chi connectivity index (χ3v) is 24.2. The highest BCUT2D eigenvalue weighted by Gasteiger charge is 2.34. The molecule has 0 bridgehead atoms. The summed E-state index contributed by atoms with van der Waals surface area (Å²) in [6, 6.07) is 40.3. The number of amides is 2. The second kappa shape index (κ2) is 47.6. The highest BCUT2D eigenvalue weighted by atomic mass is 79.9. The van der Waals surface area contributed by atoms with Crippen LogP contribution in [0.2, 0.25) is 0 Å². The van der Waals surface area contributed by atoms with E-state index < -0.39 is 16.8 Å². The van der Waals surface area contributed by atoms with Crippen LogP contribution in [0.25, 0.3) is 44.1 Å². The van der Waals surface area contributed by atoms with Crippen LogP contribution in [0, 0.1) is 80.8 Å². The molecule has 718 valence electrons. The Morgan fingerprint density at radius 1 is 0.412 bits per heavy atom. The Morgan fingerprint density at radius 3 is 1.16 bits per heavy atom. The molecule has 0 saturated carbocycles. The first-order valence-corrected chi connectivity index (χ1v) is 47.7. The Morgan fingerprint density at radius 2 is 0.765 bits per heavy atom. The maximum absolute atomic E-state index is 12.4. The molecule has 0 aliphatic carbocycles. The van der Waals surface area contributed by atoms with E-state index in [4.69, 9.17) is 35.2 Å². The van der Waals surface area contributed by atoms with E-state index in [1.165, 1.54) is 11.3 Å². The number of aldehydes is 1. The van der Waals surface area contributed by atoms with E-state index >= 15 is 0 Å². The molecule has 31 nitrogen and oxygen atoms in total. The lowest BCUT2D eigenvalue weighted by molar-refractivity contribution is -0.157. The molecule has 10 aromatic rings.